The van der Waals surface area contributed by atoms with Gasteiger partial charge in [-0.15, -0.1) is 0 Å². The number of sulfonamides is 1. The first-order chi connectivity index (χ1) is 9.43. The van der Waals surface area contributed by atoms with E-state index in [2.05, 4.69) is 6.92 Å². The molecule has 1 aliphatic rings. The van der Waals surface area contributed by atoms with Crippen LogP contribution in [-0.2, 0) is 10.0 Å². The van der Waals surface area contributed by atoms with Crippen molar-refractivity contribution in [3.05, 3.63) is 59.2 Å². The normalized spacial score (nSPS) is 19.9. The number of hydrogen-bond acceptors (Lipinski definition) is 2. The van der Waals surface area contributed by atoms with Crippen molar-refractivity contribution in [1.29, 1.82) is 0 Å². The lowest BCUT2D eigenvalue weighted by Gasteiger charge is -2.19. The summed E-state index contributed by atoms with van der Waals surface area (Å²) < 4.78 is 27.0. The molecule has 3 nitrogen and oxygen atoms in total. The number of aryl methyl sites for hydroxylation is 1. The van der Waals surface area contributed by atoms with E-state index in [1.165, 1.54) is 4.31 Å². The molecule has 0 bridgehead atoms. The molecular weight excluding hydrogens is 270 g/mol. The zero-order valence-electron chi connectivity index (χ0n) is 11.8. The van der Waals surface area contributed by atoms with E-state index in [0.29, 0.717) is 4.90 Å². The zero-order valence-corrected chi connectivity index (χ0v) is 12.6. The molecule has 3 rings (SSSR count). The molecule has 1 atom stereocenters. The lowest BCUT2D eigenvalue weighted by molar-refractivity contribution is 0.593. The summed E-state index contributed by atoms with van der Waals surface area (Å²) in [6.07, 6.45) is 0. The Morgan fingerprint density at radius 3 is 2.50 bits per heavy atom. The molecule has 1 heterocycles. The number of rotatable bonds is 0. The molecule has 4 heteroatoms. The zero-order chi connectivity index (χ0) is 14.5. The second-order valence-corrected chi connectivity index (χ2v) is 7.23. The molecule has 0 saturated carbocycles. The van der Waals surface area contributed by atoms with Gasteiger partial charge in [-0.3, -0.25) is 4.31 Å². The average Bonchev–Trinajstić information content (AvgIpc) is 2.50. The summed E-state index contributed by atoms with van der Waals surface area (Å²) in [7, 11) is -1.87. The van der Waals surface area contributed by atoms with Gasteiger partial charge in [-0.1, -0.05) is 37.3 Å². The summed E-state index contributed by atoms with van der Waals surface area (Å²) in [5.74, 6) is 0.0570. The lowest BCUT2D eigenvalue weighted by Crippen LogP contribution is -2.26. The van der Waals surface area contributed by atoms with Gasteiger partial charge in [0.25, 0.3) is 10.0 Å². The molecule has 104 valence electrons. The molecule has 1 unspecified atom stereocenters. The SMILES string of the molecule is Cc1ccc2c(c1)S(=O)(=O)N(C)c1ccccc1C2C. The maximum atomic E-state index is 12.8. The van der Waals surface area contributed by atoms with Crippen molar-refractivity contribution < 1.29 is 8.42 Å². The highest BCUT2D eigenvalue weighted by Crippen LogP contribution is 2.40. The van der Waals surface area contributed by atoms with Crippen LogP contribution in [-0.4, -0.2) is 15.5 Å². The van der Waals surface area contributed by atoms with E-state index in [4.69, 9.17) is 0 Å². The van der Waals surface area contributed by atoms with Crippen LogP contribution in [0.3, 0.4) is 0 Å². The van der Waals surface area contributed by atoms with Crippen molar-refractivity contribution in [2.75, 3.05) is 11.4 Å². The van der Waals surface area contributed by atoms with Crippen LogP contribution < -0.4 is 4.31 Å². The number of para-hydroxylation sites is 1. The lowest BCUT2D eigenvalue weighted by atomic mass is 9.91. The number of fused-ring (bicyclic) bond motifs is 2. The Balaban J connectivity index is 2.41. The Kier molecular flexibility index (Phi) is 2.87. The van der Waals surface area contributed by atoms with E-state index in [9.17, 15) is 8.42 Å². The number of anilines is 1. The van der Waals surface area contributed by atoms with E-state index in [0.717, 1.165) is 22.4 Å². The molecule has 2 aromatic rings. The fourth-order valence-corrected chi connectivity index (χ4v) is 4.41. The highest BCUT2D eigenvalue weighted by Gasteiger charge is 2.32. The van der Waals surface area contributed by atoms with Crippen LogP contribution in [0, 0.1) is 6.92 Å². The van der Waals surface area contributed by atoms with Crippen LogP contribution >= 0.6 is 0 Å². The molecule has 1 aliphatic heterocycles. The van der Waals surface area contributed by atoms with E-state index in [1.807, 2.05) is 43.3 Å². The molecule has 0 aromatic heterocycles. The Bertz CT molecular complexity index is 781. The van der Waals surface area contributed by atoms with Crippen molar-refractivity contribution in [3.63, 3.8) is 0 Å². The van der Waals surface area contributed by atoms with Gasteiger partial charge in [0, 0.05) is 13.0 Å². The number of hydrogen-bond donors (Lipinski definition) is 0. The minimum Gasteiger partial charge on any atom is -0.269 e. The fraction of sp³-hybridized carbons (Fsp3) is 0.250. The third kappa shape index (κ3) is 1.75. The molecule has 0 aliphatic carbocycles. The van der Waals surface area contributed by atoms with Gasteiger partial charge in [0.2, 0.25) is 0 Å². The van der Waals surface area contributed by atoms with Gasteiger partial charge in [-0.25, -0.2) is 8.42 Å². The maximum absolute atomic E-state index is 12.8. The molecule has 2 aromatic carbocycles. The summed E-state index contributed by atoms with van der Waals surface area (Å²) >= 11 is 0. The van der Waals surface area contributed by atoms with E-state index in [-0.39, 0.29) is 5.92 Å². The van der Waals surface area contributed by atoms with Crippen LogP contribution in [0.25, 0.3) is 0 Å². The van der Waals surface area contributed by atoms with Gasteiger partial charge in [0.1, 0.15) is 0 Å². The van der Waals surface area contributed by atoms with Crippen LogP contribution in [0.1, 0.15) is 29.5 Å². The predicted molar refractivity (Wildman–Crippen MR) is 80.7 cm³/mol. The van der Waals surface area contributed by atoms with E-state index >= 15 is 0 Å². The summed E-state index contributed by atoms with van der Waals surface area (Å²) in [4.78, 5) is 0.420. The largest absolute Gasteiger partial charge is 0.269 e. The second-order valence-electron chi connectivity index (χ2n) is 5.29. The molecule has 0 spiro atoms. The quantitative estimate of drug-likeness (QED) is 0.745. The maximum Gasteiger partial charge on any atom is 0.264 e. The third-order valence-electron chi connectivity index (χ3n) is 4.02. The van der Waals surface area contributed by atoms with Crippen molar-refractivity contribution in [2.24, 2.45) is 0 Å². The summed E-state index contributed by atoms with van der Waals surface area (Å²) in [5, 5.41) is 0. The van der Waals surface area contributed by atoms with E-state index in [1.54, 1.807) is 13.1 Å². The Labute approximate surface area is 119 Å². The van der Waals surface area contributed by atoms with Gasteiger partial charge in [-0.2, -0.15) is 0 Å². The average molecular weight is 287 g/mol. The van der Waals surface area contributed by atoms with Crippen molar-refractivity contribution in [2.45, 2.75) is 24.7 Å². The van der Waals surface area contributed by atoms with Crippen LogP contribution in [0.2, 0.25) is 0 Å². The third-order valence-corrected chi connectivity index (χ3v) is 5.84. The molecule has 0 amide bonds. The van der Waals surface area contributed by atoms with Gasteiger partial charge in [-0.05, 0) is 35.7 Å². The first kappa shape index (κ1) is 13.2. The molecule has 0 N–H and O–H groups in total. The van der Waals surface area contributed by atoms with Crippen molar-refractivity contribution in [3.8, 4) is 0 Å². The summed E-state index contributed by atoms with van der Waals surface area (Å²) in [5.41, 5.74) is 3.63. The summed E-state index contributed by atoms with van der Waals surface area (Å²) in [6.45, 7) is 3.97. The molecular formula is C16H17NO2S. The fourth-order valence-electron chi connectivity index (χ4n) is 2.81. The van der Waals surface area contributed by atoms with Gasteiger partial charge in [0.15, 0.2) is 0 Å². The Hall–Kier alpha value is -1.81. The highest BCUT2D eigenvalue weighted by atomic mass is 32.2. The molecule has 0 fully saturated rings. The van der Waals surface area contributed by atoms with Crippen molar-refractivity contribution in [1.82, 2.24) is 0 Å². The molecule has 20 heavy (non-hydrogen) atoms. The number of benzene rings is 2. The van der Waals surface area contributed by atoms with Crippen LogP contribution in [0.15, 0.2) is 47.4 Å². The number of nitrogens with zero attached hydrogens (tertiary/aromatic N) is 1. The first-order valence-electron chi connectivity index (χ1n) is 6.61. The highest BCUT2D eigenvalue weighted by molar-refractivity contribution is 7.92. The smallest absolute Gasteiger partial charge is 0.264 e. The second kappa shape index (κ2) is 4.35. The minimum atomic E-state index is -3.49. The first-order valence-corrected chi connectivity index (χ1v) is 8.05. The monoisotopic (exact) mass is 287 g/mol. The molecule has 0 radical (unpaired) electrons. The van der Waals surface area contributed by atoms with Gasteiger partial charge in [0.05, 0.1) is 10.6 Å². The Morgan fingerprint density at radius 1 is 1.05 bits per heavy atom. The standard InChI is InChI=1S/C16H17NO2S/c1-11-8-9-14-12(2)13-6-4-5-7-15(13)17(3)20(18,19)16(14)10-11/h4-10,12H,1-3H3. The van der Waals surface area contributed by atoms with Gasteiger partial charge >= 0.3 is 0 Å². The Morgan fingerprint density at radius 2 is 1.75 bits per heavy atom. The van der Waals surface area contributed by atoms with E-state index < -0.39 is 10.0 Å². The molecule has 0 saturated heterocycles. The van der Waals surface area contributed by atoms with Crippen LogP contribution in [0.5, 0.6) is 0 Å². The van der Waals surface area contributed by atoms with Crippen LogP contribution in [0.4, 0.5) is 5.69 Å². The van der Waals surface area contributed by atoms with Gasteiger partial charge < -0.3 is 0 Å². The predicted octanol–water partition coefficient (Wildman–Crippen LogP) is 3.29. The topological polar surface area (TPSA) is 37.4 Å². The summed E-state index contributed by atoms with van der Waals surface area (Å²) in [6, 6.07) is 13.4. The minimum absolute atomic E-state index is 0.0570. The van der Waals surface area contributed by atoms with Crippen molar-refractivity contribution >= 4 is 15.7 Å².